The van der Waals surface area contributed by atoms with E-state index in [0.29, 0.717) is 29.1 Å². The van der Waals surface area contributed by atoms with Gasteiger partial charge in [-0.3, -0.25) is 14.9 Å². The topological polar surface area (TPSA) is 90.8 Å². The molecule has 9 heteroatoms. The third kappa shape index (κ3) is 3.12. The highest BCUT2D eigenvalue weighted by Crippen LogP contribution is 2.63. The van der Waals surface area contributed by atoms with Gasteiger partial charge in [-0.1, -0.05) is 43.1 Å². The van der Waals surface area contributed by atoms with Crippen LogP contribution in [0.1, 0.15) is 51.5 Å². The molecule has 2 spiro atoms. The Bertz CT molecular complexity index is 1110. The number of rotatable bonds is 2. The number of benzene rings is 1. The van der Waals surface area contributed by atoms with E-state index in [0.717, 1.165) is 12.8 Å². The lowest BCUT2D eigenvalue weighted by molar-refractivity contribution is -0.141. The Kier molecular flexibility index (Phi) is 5.20. The number of hydrogen-bond donors (Lipinski definition) is 3. The van der Waals surface area contributed by atoms with Gasteiger partial charge in [-0.2, -0.15) is 0 Å². The Labute approximate surface area is 201 Å². The molecule has 4 aliphatic rings. The Morgan fingerprint density at radius 1 is 1.21 bits per heavy atom. The first-order valence-electron chi connectivity index (χ1n) is 11.2. The Hall–Kier alpha value is -1.96. The van der Waals surface area contributed by atoms with Gasteiger partial charge in [-0.25, -0.2) is 9.38 Å². The van der Waals surface area contributed by atoms with E-state index < -0.39 is 40.6 Å². The van der Waals surface area contributed by atoms with E-state index in [4.69, 9.17) is 23.2 Å². The van der Waals surface area contributed by atoms with E-state index in [2.05, 4.69) is 29.5 Å². The van der Waals surface area contributed by atoms with Crippen molar-refractivity contribution < 1.29 is 19.1 Å². The number of allylic oxidation sites excluding steroid dienone is 1. The molecule has 1 aliphatic carbocycles. The van der Waals surface area contributed by atoms with E-state index in [9.17, 15) is 14.7 Å². The van der Waals surface area contributed by atoms with Crippen molar-refractivity contribution in [1.82, 2.24) is 5.32 Å². The van der Waals surface area contributed by atoms with Gasteiger partial charge in [0, 0.05) is 34.3 Å². The molecule has 0 radical (unpaired) electrons. The van der Waals surface area contributed by atoms with E-state index in [1.165, 1.54) is 6.21 Å². The molecule has 0 bridgehead atoms. The van der Waals surface area contributed by atoms with Crippen LogP contribution in [0.2, 0.25) is 5.02 Å². The lowest BCUT2D eigenvalue weighted by Gasteiger charge is -2.51. The van der Waals surface area contributed by atoms with Crippen molar-refractivity contribution >= 4 is 47.0 Å². The summed E-state index contributed by atoms with van der Waals surface area (Å²) in [5.74, 6) is -3.89. The number of carbonyl (C=O) groups excluding carboxylic acids is 1. The van der Waals surface area contributed by atoms with Gasteiger partial charge in [0.15, 0.2) is 5.16 Å². The molecule has 4 atom stereocenters. The fourth-order valence-electron chi connectivity index (χ4n) is 6.69. The highest BCUT2D eigenvalue weighted by Gasteiger charge is 2.74. The molecule has 2 unspecified atom stereocenters. The molecule has 1 aromatic rings. The lowest BCUT2D eigenvalue weighted by atomic mass is 9.52. The highest BCUT2D eigenvalue weighted by atomic mass is 35.5. The van der Waals surface area contributed by atoms with Crippen molar-refractivity contribution in [3.8, 4) is 0 Å². The quantitative estimate of drug-likeness (QED) is 0.505. The van der Waals surface area contributed by atoms with Gasteiger partial charge >= 0.3 is 5.97 Å². The second kappa shape index (κ2) is 7.52. The molecular weight excluding hydrogens is 468 g/mol. The van der Waals surface area contributed by atoms with Crippen molar-refractivity contribution in [3.05, 3.63) is 39.8 Å². The summed E-state index contributed by atoms with van der Waals surface area (Å²) in [6.07, 6.45) is 4.47. The van der Waals surface area contributed by atoms with E-state index in [-0.39, 0.29) is 22.9 Å². The fraction of sp³-hybridized carbons (Fsp3) is 0.542. The normalized spacial score (nSPS) is 34.1. The van der Waals surface area contributed by atoms with Gasteiger partial charge in [0.25, 0.3) is 0 Å². The summed E-state index contributed by atoms with van der Waals surface area (Å²) in [6.45, 7) is 4.35. The predicted molar refractivity (Wildman–Crippen MR) is 125 cm³/mol. The Balaban J connectivity index is 1.78. The third-order valence-electron chi connectivity index (χ3n) is 8.30. The number of aliphatic carboxylic acids is 1. The number of carboxylic acids is 1. The van der Waals surface area contributed by atoms with Crippen LogP contribution in [-0.4, -0.2) is 34.8 Å². The van der Waals surface area contributed by atoms with Crippen molar-refractivity contribution in [1.29, 1.82) is 0 Å². The van der Waals surface area contributed by atoms with Crippen LogP contribution in [0, 0.1) is 17.3 Å². The average Bonchev–Trinajstić information content (AvgIpc) is 3.20. The molecule has 1 amide bonds. The van der Waals surface area contributed by atoms with E-state index in [1.54, 1.807) is 18.2 Å². The van der Waals surface area contributed by atoms with Gasteiger partial charge in [-0.05, 0) is 55.2 Å². The van der Waals surface area contributed by atoms with Crippen LogP contribution in [0.5, 0.6) is 0 Å². The first-order chi connectivity index (χ1) is 15.5. The number of amides is 1. The standard InChI is InChI=1S/C24H26Cl2FN3O3/c1-22(2)6-8-23(9-7-22)24(14-4-3-12(25)11-15(14)29-21(24)33)16(18(30-23)20(31)32)13-5-10-28-19(26)17(13)27/h3-4,10-11,13,16,18,30H,5-9H2,1-2H3,(H,29,33)(H,31,32)/t13?,16-,18+,24?/m0/s1. The number of anilines is 1. The molecule has 176 valence electrons. The van der Waals surface area contributed by atoms with Crippen LogP contribution in [-0.2, 0) is 15.0 Å². The maximum Gasteiger partial charge on any atom is 0.321 e. The summed E-state index contributed by atoms with van der Waals surface area (Å²) in [5, 5.41) is 16.8. The van der Waals surface area contributed by atoms with Crippen molar-refractivity contribution in [2.45, 2.75) is 62.9 Å². The zero-order valence-corrected chi connectivity index (χ0v) is 19.9. The number of aliphatic imine (C=N–C) groups is 1. The molecule has 1 saturated heterocycles. The second-order valence-electron chi connectivity index (χ2n) is 10.5. The van der Waals surface area contributed by atoms with Gasteiger partial charge in [0.05, 0.1) is 0 Å². The average molecular weight is 494 g/mol. The van der Waals surface area contributed by atoms with E-state index >= 15 is 4.39 Å². The molecule has 6 nitrogen and oxygen atoms in total. The number of halogens is 3. The molecule has 1 aromatic carbocycles. The minimum Gasteiger partial charge on any atom is -0.480 e. The SMILES string of the molecule is CC1(C)CCC2(CC1)N[C@@H](C(=O)O)[C@H](C1CC=NC(Cl)=C1F)C21C(=O)Nc2cc(Cl)ccc21. The van der Waals surface area contributed by atoms with Gasteiger partial charge in [0.2, 0.25) is 5.91 Å². The second-order valence-corrected chi connectivity index (χ2v) is 11.3. The zero-order chi connectivity index (χ0) is 23.8. The van der Waals surface area contributed by atoms with Crippen LogP contribution in [0.15, 0.2) is 34.2 Å². The fourth-order valence-corrected chi connectivity index (χ4v) is 7.08. The molecule has 3 N–H and O–H groups in total. The minimum atomic E-state index is -1.29. The smallest absolute Gasteiger partial charge is 0.321 e. The molecule has 1 saturated carbocycles. The lowest BCUT2D eigenvalue weighted by Crippen LogP contribution is -2.62. The van der Waals surface area contributed by atoms with Crippen LogP contribution < -0.4 is 10.6 Å². The molecule has 2 fully saturated rings. The molecular formula is C24H26Cl2FN3O3. The summed E-state index contributed by atoms with van der Waals surface area (Å²) in [4.78, 5) is 30.5. The third-order valence-corrected chi connectivity index (χ3v) is 8.82. The number of fused-ring (bicyclic) bond motifs is 3. The molecule has 0 aromatic heterocycles. The Morgan fingerprint density at radius 2 is 1.91 bits per heavy atom. The van der Waals surface area contributed by atoms with Gasteiger partial charge in [0.1, 0.15) is 17.3 Å². The maximum absolute atomic E-state index is 15.5. The molecule has 33 heavy (non-hydrogen) atoms. The minimum absolute atomic E-state index is 0.0643. The maximum atomic E-state index is 15.5. The van der Waals surface area contributed by atoms with Crippen LogP contribution in [0.3, 0.4) is 0 Å². The summed E-state index contributed by atoms with van der Waals surface area (Å²) < 4.78 is 15.5. The number of hydrogen-bond acceptors (Lipinski definition) is 4. The van der Waals surface area contributed by atoms with Crippen molar-refractivity contribution in [2.75, 3.05) is 5.32 Å². The van der Waals surface area contributed by atoms with Crippen molar-refractivity contribution in [2.24, 2.45) is 22.2 Å². The number of carboxylic acid groups (broad SMARTS) is 1. The van der Waals surface area contributed by atoms with Crippen LogP contribution in [0.25, 0.3) is 0 Å². The largest absolute Gasteiger partial charge is 0.480 e. The predicted octanol–water partition coefficient (Wildman–Crippen LogP) is 5.01. The Morgan fingerprint density at radius 3 is 2.58 bits per heavy atom. The highest BCUT2D eigenvalue weighted by molar-refractivity contribution is 6.31. The molecule has 3 aliphatic heterocycles. The summed E-state index contributed by atoms with van der Waals surface area (Å²) >= 11 is 12.3. The first-order valence-corrected chi connectivity index (χ1v) is 12.0. The number of carbonyl (C=O) groups is 2. The summed E-state index contributed by atoms with van der Waals surface area (Å²) in [5.41, 5.74) is -0.856. The van der Waals surface area contributed by atoms with Crippen LogP contribution >= 0.6 is 23.2 Å². The zero-order valence-electron chi connectivity index (χ0n) is 18.4. The number of nitrogens with one attached hydrogen (secondary N) is 2. The van der Waals surface area contributed by atoms with E-state index in [1.807, 2.05) is 0 Å². The summed E-state index contributed by atoms with van der Waals surface area (Å²) in [7, 11) is 0. The van der Waals surface area contributed by atoms with Crippen molar-refractivity contribution in [3.63, 3.8) is 0 Å². The van der Waals surface area contributed by atoms with Crippen LogP contribution in [0.4, 0.5) is 10.1 Å². The van der Waals surface area contributed by atoms with Gasteiger partial charge < -0.3 is 10.4 Å². The van der Waals surface area contributed by atoms with Gasteiger partial charge in [-0.15, -0.1) is 0 Å². The molecule has 3 heterocycles. The molecule has 5 rings (SSSR count). The summed E-state index contributed by atoms with van der Waals surface area (Å²) in [6, 6.07) is 4.03. The number of nitrogens with zero attached hydrogens (tertiary/aromatic N) is 1. The monoisotopic (exact) mass is 493 g/mol. The first kappa shape index (κ1) is 22.8.